The number of hydrogen-bond acceptors (Lipinski definition) is 3. The predicted octanol–water partition coefficient (Wildman–Crippen LogP) is 2.94. The van der Waals surface area contributed by atoms with Gasteiger partial charge in [-0.3, -0.25) is 0 Å². The summed E-state index contributed by atoms with van der Waals surface area (Å²) in [7, 11) is 0. The Morgan fingerprint density at radius 3 is 2.72 bits per heavy atom. The third-order valence-electron chi connectivity index (χ3n) is 2.65. The Hall–Kier alpha value is -0.650. The monoisotopic (exact) mass is 275 g/mol. The number of aliphatic hydroxyl groups is 1. The highest BCUT2D eigenvalue weighted by atomic mass is 32.2. The van der Waals surface area contributed by atoms with Gasteiger partial charge in [-0.1, -0.05) is 6.42 Å². The van der Waals surface area contributed by atoms with Gasteiger partial charge in [0.15, 0.2) is 0 Å². The lowest BCUT2D eigenvalue weighted by Crippen LogP contribution is -2.39. The Balaban J connectivity index is 2.28. The van der Waals surface area contributed by atoms with Crippen LogP contribution in [0.2, 0.25) is 0 Å². The highest BCUT2D eigenvalue weighted by Crippen LogP contribution is 2.24. The molecule has 0 heterocycles. The van der Waals surface area contributed by atoms with Crippen LogP contribution >= 0.6 is 11.8 Å². The van der Waals surface area contributed by atoms with E-state index in [0.29, 0.717) is 10.6 Å². The molecule has 0 bridgehead atoms. The SMILES string of the molecule is CC(N)(CO)CCCCSc1cc(F)ccc1F. The quantitative estimate of drug-likeness (QED) is 0.594. The van der Waals surface area contributed by atoms with Gasteiger partial charge in [0.1, 0.15) is 11.6 Å². The van der Waals surface area contributed by atoms with E-state index in [1.54, 1.807) is 6.92 Å². The lowest BCUT2D eigenvalue weighted by atomic mass is 9.98. The summed E-state index contributed by atoms with van der Waals surface area (Å²) in [5.41, 5.74) is 5.24. The van der Waals surface area contributed by atoms with Crippen LogP contribution in [0.5, 0.6) is 0 Å². The van der Waals surface area contributed by atoms with Gasteiger partial charge in [0.2, 0.25) is 0 Å². The minimum absolute atomic E-state index is 0.0430. The summed E-state index contributed by atoms with van der Waals surface area (Å²) < 4.78 is 26.2. The van der Waals surface area contributed by atoms with Crippen molar-refractivity contribution in [3.05, 3.63) is 29.8 Å². The summed E-state index contributed by atoms with van der Waals surface area (Å²) in [6.45, 7) is 1.76. The second-order valence-corrected chi connectivity index (χ2v) is 5.83. The number of benzene rings is 1. The van der Waals surface area contributed by atoms with Crippen molar-refractivity contribution in [2.45, 2.75) is 36.6 Å². The van der Waals surface area contributed by atoms with Gasteiger partial charge in [-0.05, 0) is 43.7 Å². The zero-order valence-electron chi connectivity index (χ0n) is 10.5. The van der Waals surface area contributed by atoms with E-state index in [4.69, 9.17) is 10.8 Å². The van der Waals surface area contributed by atoms with Crippen LogP contribution in [0.1, 0.15) is 26.2 Å². The summed E-state index contributed by atoms with van der Waals surface area (Å²) in [5, 5.41) is 8.97. The second-order valence-electron chi connectivity index (χ2n) is 4.69. The maximum absolute atomic E-state index is 13.3. The fraction of sp³-hybridized carbons (Fsp3) is 0.538. The number of aliphatic hydroxyl groups excluding tert-OH is 1. The van der Waals surface area contributed by atoms with Crippen molar-refractivity contribution in [2.24, 2.45) is 5.73 Å². The fourth-order valence-electron chi connectivity index (χ4n) is 1.48. The van der Waals surface area contributed by atoms with Crippen molar-refractivity contribution >= 4 is 11.8 Å². The highest BCUT2D eigenvalue weighted by Gasteiger charge is 2.15. The third kappa shape index (κ3) is 5.33. The van der Waals surface area contributed by atoms with Gasteiger partial charge < -0.3 is 10.8 Å². The molecule has 1 unspecified atom stereocenters. The lowest BCUT2D eigenvalue weighted by Gasteiger charge is -2.21. The van der Waals surface area contributed by atoms with Crippen molar-refractivity contribution in [1.29, 1.82) is 0 Å². The molecule has 0 spiro atoms. The Labute approximate surface area is 111 Å². The first-order chi connectivity index (χ1) is 8.44. The molecule has 102 valence electrons. The van der Waals surface area contributed by atoms with E-state index < -0.39 is 11.4 Å². The largest absolute Gasteiger partial charge is 0.394 e. The minimum atomic E-state index is -0.547. The van der Waals surface area contributed by atoms with E-state index in [2.05, 4.69) is 0 Å². The number of thioether (sulfide) groups is 1. The van der Waals surface area contributed by atoms with Crippen LogP contribution in [0.25, 0.3) is 0 Å². The number of hydrogen-bond donors (Lipinski definition) is 2. The van der Waals surface area contributed by atoms with Crippen molar-refractivity contribution in [3.63, 3.8) is 0 Å². The maximum atomic E-state index is 13.3. The normalized spacial score (nSPS) is 14.5. The molecule has 18 heavy (non-hydrogen) atoms. The number of nitrogens with two attached hydrogens (primary N) is 1. The van der Waals surface area contributed by atoms with Gasteiger partial charge in [-0.25, -0.2) is 8.78 Å². The Morgan fingerprint density at radius 2 is 2.06 bits per heavy atom. The molecule has 0 aliphatic carbocycles. The van der Waals surface area contributed by atoms with Crippen molar-refractivity contribution in [2.75, 3.05) is 12.4 Å². The van der Waals surface area contributed by atoms with Gasteiger partial charge in [-0.2, -0.15) is 0 Å². The average molecular weight is 275 g/mol. The zero-order chi connectivity index (χ0) is 13.6. The third-order valence-corrected chi connectivity index (χ3v) is 3.77. The van der Waals surface area contributed by atoms with E-state index >= 15 is 0 Å². The molecule has 2 nitrogen and oxygen atoms in total. The Morgan fingerprint density at radius 1 is 1.33 bits per heavy atom. The molecule has 5 heteroatoms. The van der Waals surface area contributed by atoms with Crippen LogP contribution in [-0.4, -0.2) is 23.0 Å². The number of unbranched alkanes of at least 4 members (excludes halogenated alkanes) is 1. The van der Waals surface area contributed by atoms with Gasteiger partial charge in [-0.15, -0.1) is 11.8 Å². The molecule has 0 radical (unpaired) electrons. The maximum Gasteiger partial charge on any atom is 0.136 e. The molecule has 0 aliphatic heterocycles. The van der Waals surface area contributed by atoms with Crippen LogP contribution in [0.3, 0.4) is 0 Å². The molecule has 0 aliphatic rings. The van der Waals surface area contributed by atoms with E-state index in [-0.39, 0.29) is 12.4 Å². The van der Waals surface area contributed by atoms with Crippen LogP contribution in [0, 0.1) is 11.6 Å². The molecule has 1 aromatic rings. The van der Waals surface area contributed by atoms with Crippen molar-refractivity contribution in [1.82, 2.24) is 0 Å². The van der Waals surface area contributed by atoms with Crippen LogP contribution in [0.4, 0.5) is 8.78 Å². The molecular formula is C13H19F2NOS. The molecule has 0 fully saturated rings. The molecule has 3 N–H and O–H groups in total. The van der Waals surface area contributed by atoms with E-state index in [1.165, 1.54) is 17.8 Å². The summed E-state index contributed by atoms with van der Waals surface area (Å²) in [6.07, 6.45) is 2.43. The highest BCUT2D eigenvalue weighted by molar-refractivity contribution is 7.99. The number of halogens is 2. The molecule has 1 atom stereocenters. The summed E-state index contributed by atoms with van der Waals surface area (Å²) in [4.78, 5) is 0.340. The number of rotatable bonds is 7. The first kappa shape index (κ1) is 15.4. The Bertz CT molecular complexity index is 385. The fourth-order valence-corrected chi connectivity index (χ4v) is 2.45. The molecule has 0 saturated carbocycles. The van der Waals surface area contributed by atoms with Crippen molar-refractivity contribution in [3.8, 4) is 0 Å². The zero-order valence-corrected chi connectivity index (χ0v) is 11.3. The Kier molecular flexibility index (Phi) is 6.05. The summed E-state index contributed by atoms with van der Waals surface area (Å²) in [5.74, 6) is -0.101. The smallest absolute Gasteiger partial charge is 0.136 e. The van der Waals surface area contributed by atoms with Crippen LogP contribution in [0.15, 0.2) is 23.1 Å². The average Bonchev–Trinajstić information content (AvgIpc) is 2.33. The molecule has 0 saturated heterocycles. The van der Waals surface area contributed by atoms with E-state index in [1.807, 2.05) is 0 Å². The van der Waals surface area contributed by atoms with Gasteiger partial charge in [0.25, 0.3) is 0 Å². The molecule has 1 rings (SSSR count). The second kappa shape index (κ2) is 7.07. The minimum Gasteiger partial charge on any atom is -0.394 e. The summed E-state index contributed by atoms with van der Waals surface area (Å²) in [6, 6.07) is 3.46. The van der Waals surface area contributed by atoms with Gasteiger partial charge >= 0.3 is 0 Å². The topological polar surface area (TPSA) is 46.2 Å². The molecular weight excluding hydrogens is 256 g/mol. The molecule has 0 amide bonds. The molecule has 0 aromatic heterocycles. The van der Waals surface area contributed by atoms with Crippen molar-refractivity contribution < 1.29 is 13.9 Å². The standard InChI is InChI=1S/C13H19F2NOS/c1-13(16,9-17)6-2-3-7-18-12-8-10(14)4-5-11(12)15/h4-5,8,17H,2-3,6-7,9,16H2,1H3. The van der Waals surface area contributed by atoms with E-state index in [0.717, 1.165) is 31.4 Å². The summed E-state index contributed by atoms with van der Waals surface area (Å²) >= 11 is 1.30. The van der Waals surface area contributed by atoms with Crippen LogP contribution < -0.4 is 5.73 Å². The lowest BCUT2D eigenvalue weighted by molar-refractivity contribution is 0.198. The van der Waals surface area contributed by atoms with Gasteiger partial charge in [0.05, 0.1) is 6.61 Å². The first-order valence-corrected chi connectivity index (χ1v) is 6.91. The molecule has 1 aromatic carbocycles. The van der Waals surface area contributed by atoms with Crippen LogP contribution in [-0.2, 0) is 0 Å². The first-order valence-electron chi connectivity index (χ1n) is 5.92. The predicted molar refractivity (Wildman–Crippen MR) is 70.6 cm³/mol. The van der Waals surface area contributed by atoms with Gasteiger partial charge in [0, 0.05) is 10.4 Å². The van der Waals surface area contributed by atoms with E-state index in [9.17, 15) is 8.78 Å².